The van der Waals surface area contributed by atoms with Crippen LogP contribution in [0.2, 0.25) is 30.1 Å². The van der Waals surface area contributed by atoms with Crippen LogP contribution in [0.5, 0.6) is 0 Å². The van der Waals surface area contributed by atoms with Crippen LogP contribution in [0.25, 0.3) is 0 Å². The SMILES string of the molecule is CC(Br)c1cccc(I)c1CBr.CC1c2cccc(I)c2CN1C(=O)Cc1c(Cl)cccc1Cl.C[C@H]1c2cccc(NS(C)(=O)=O)c2CN1C(=O)Cc1c(Cl)cccc1Cl.NC(=O)Cc1c(Cl)cccc1Cl. The number of anilines is 1. The fraction of sp³-hybridized carbons (Fsp3) is 0.250. The van der Waals surface area contributed by atoms with Gasteiger partial charge in [0.2, 0.25) is 27.7 Å². The van der Waals surface area contributed by atoms with E-state index >= 15 is 0 Å². The summed E-state index contributed by atoms with van der Waals surface area (Å²) in [6.45, 7) is 7.11. The predicted octanol–water partition coefficient (Wildman–Crippen LogP) is 15.9. The van der Waals surface area contributed by atoms with E-state index in [4.69, 9.17) is 75.3 Å². The van der Waals surface area contributed by atoms with Gasteiger partial charge in [0.1, 0.15) is 0 Å². The lowest BCUT2D eigenvalue weighted by atomic mass is 10.0. The average molecular weight is 1470 g/mol. The number of nitrogens with two attached hydrogens (primary N) is 1. The molecule has 3 amide bonds. The van der Waals surface area contributed by atoms with Crippen LogP contribution in [0.4, 0.5) is 5.69 Å². The quantitative estimate of drug-likeness (QED) is 0.104. The van der Waals surface area contributed by atoms with Crippen LogP contribution in [-0.4, -0.2) is 42.2 Å². The van der Waals surface area contributed by atoms with Crippen LogP contribution >= 0.6 is 147 Å². The topological polar surface area (TPSA) is 130 Å². The number of carbonyl (C=O) groups excluding carboxylic acids is 3. The van der Waals surface area contributed by atoms with Gasteiger partial charge in [-0.15, -0.1) is 0 Å². The summed E-state index contributed by atoms with van der Waals surface area (Å²) in [4.78, 5) is 40.2. The normalized spacial score (nSPS) is 14.9. The van der Waals surface area contributed by atoms with Crippen molar-refractivity contribution in [1.29, 1.82) is 0 Å². The van der Waals surface area contributed by atoms with Crippen LogP contribution < -0.4 is 10.5 Å². The summed E-state index contributed by atoms with van der Waals surface area (Å²) in [7, 11) is -3.40. The van der Waals surface area contributed by atoms with Crippen molar-refractivity contribution in [2.45, 2.75) is 75.4 Å². The van der Waals surface area contributed by atoms with Gasteiger partial charge in [0.15, 0.2) is 0 Å². The third-order valence-electron chi connectivity index (χ3n) is 11.7. The molecule has 0 fully saturated rings. The second-order valence-electron chi connectivity index (χ2n) is 16.6. The highest BCUT2D eigenvalue weighted by Crippen LogP contribution is 2.40. The van der Waals surface area contributed by atoms with Crippen LogP contribution in [0.1, 0.15) is 87.8 Å². The minimum Gasteiger partial charge on any atom is -0.369 e. The zero-order chi connectivity index (χ0) is 53.2. The number of fused-ring (bicyclic) bond motifs is 2. The Kier molecular flexibility index (Phi) is 23.2. The summed E-state index contributed by atoms with van der Waals surface area (Å²) in [5, 5.41) is 3.86. The van der Waals surface area contributed by atoms with Gasteiger partial charge in [-0.05, 0) is 165 Å². The molecule has 0 radical (unpaired) electrons. The van der Waals surface area contributed by atoms with E-state index in [1.54, 1.807) is 71.6 Å². The molecule has 0 spiro atoms. The Balaban J connectivity index is 0.000000189. The summed E-state index contributed by atoms with van der Waals surface area (Å²) in [6.07, 6.45) is 1.50. The summed E-state index contributed by atoms with van der Waals surface area (Å²) in [6, 6.07) is 33.4. The lowest BCUT2D eigenvalue weighted by Crippen LogP contribution is -2.29. The number of hydrogen-bond donors (Lipinski definition) is 2. The molecular weight excluding hydrogens is 1420 g/mol. The molecule has 2 unspecified atom stereocenters. The Morgan fingerprint density at radius 3 is 1.39 bits per heavy atom. The van der Waals surface area contributed by atoms with Crippen molar-refractivity contribution >= 4 is 180 Å². The van der Waals surface area contributed by atoms with Crippen molar-refractivity contribution in [1.82, 2.24) is 9.80 Å². The monoisotopic (exact) mass is 1460 g/mol. The molecule has 8 rings (SSSR count). The molecular formula is C52H48Br2Cl6I2N4O5S. The molecule has 382 valence electrons. The smallest absolute Gasteiger partial charge is 0.229 e. The van der Waals surface area contributed by atoms with E-state index in [-0.39, 0.29) is 43.2 Å². The summed E-state index contributed by atoms with van der Waals surface area (Å²) in [5.74, 6) is -0.506. The van der Waals surface area contributed by atoms with Gasteiger partial charge < -0.3 is 15.5 Å². The third kappa shape index (κ3) is 16.1. The van der Waals surface area contributed by atoms with Crippen molar-refractivity contribution in [3.8, 4) is 0 Å². The van der Waals surface area contributed by atoms with Crippen molar-refractivity contribution < 1.29 is 22.8 Å². The van der Waals surface area contributed by atoms with E-state index < -0.39 is 15.9 Å². The maximum Gasteiger partial charge on any atom is 0.229 e. The molecule has 0 aromatic heterocycles. The Morgan fingerprint density at radius 1 is 0.625 bits per heavy atom. The largest absolute Gasteiger partial charge is 0.369 e. The van der Waals surface area contributed by atoms with E-state index in [9.17, 15) is 22.8 Å². The zero-order valence-electron chi connectivity index (χ0n) is 39.1. The molecule has 3 N–H and O–H groups in total. The van der Waals surface area contributed by atoms with E-state index in [2.05, 4.69) is 126 Å². The molecule has 20 heteroatoms. The van der Waals surface area contributed by atoms with Gasteiger partial charge in [0.05, 0.1) is 43.3 Å². The molecule has 6 aromatic rings. The number of nitrogens with zero attached hydrogens (tertiary/aromatic N) is 2. The Morgan fingerprint density at radius 2 is 1.00 bits per heavy atom. The lowest BCUT2D eigenvalue weighted by molar-refractivity contribution is -0.133. The number of primary amides is 1. The summed E-state index contributed by atoms with van der Waals surface area (Å²) in [5.41, 5.74) is 14.4. The van der Waals surface area contributed by atoms with E-state index in [1.807, 2.05) is 24.0 Å². The number of sulfonamides is 1. The highest BCUT2D eigenvalue weighted by atomic mass is 127. The predicted molar refractivity (Wildman–Crippen MR) is 321 cm³/mol. The van der Waals surface area contributed by atoms with E-state index in [0.717, 1.165) is 22.7 Å². The molecule has 9 nitrogen and oxygen atoms in total. The fourth-order valence-corrected chi connectivity index (χ4v) is 13.2. The van der Waals surface area contributed by atoms with Gasteiger partial charge in [-0.3, -0.25) is 19.1 Å². The number of benzene rings is 6. The van der Waals surface area contributed by atoms with Crippen molar-refractivity contribution in [2.75, 3.05) is 11.0 Å². The average Bonchev–Trinajstić information content (AvgIpc) is 3.84. The molecule has 3 atom stereocenters. The standard InChI is InChI=1S/C18H18Cl2N2O3S.C17H14Cl2INO.C9H9Br2I.C8H7Cl2NO/c1-11-12-5-3-8-17(21-26(2,24)25)14(12)10-22(11)18(23)9-13-15(19)6-4-7-16(13)20;1-10-11-4-2-7-16(20)13(11)9-21(10)17(22)8-12-14(18)5-3-6-15(12)19;1-6(11)7-3-2-4-9(12)8(7)5-10;9-6-2-1-3-7(10)5(6)4-8(11)12/h3-8,11,21H,9-10H2,1-2H3;2-7,10H,8-9H2,1H3;2-4,6H,5H2,1H3;1-3H,4H2,(H2,11,12)/t11-;;;/m0.../s1. The van der Waals surface area contributed by atoms with Crippen molar-refractivity contribution in [3.63, 3.8) is 0 Å². The molecule has 0 aliphatic carbocycles. The molecule has 2 aliphatic heterocycles. The highest BCUT2D eigenvalue weighted by molar-refractivity contribution is 14.1. The van der Waals surface area contributed by atoms with Crippen LogP contribution in [-0.2, 0) is 62.1 Å². The molecule has 72 heavy (non-hydrogen) atoms. The first-order chi connectivity index (χ1) is 33.9. The van der Waals surface area contributed by atoms with Gasteiger partial charge in [0, 0.05) is 66.1 Å². The molecule has 6 aromatic carbocycles. The number of nitrogens with one attached hydrogen (secondary N) is 1. The summed E-state index contributed by atoms with van der Waals surface area (Å²) < 4.78 is 28.2. The first-order valence-corrected chi connectivity index (χ1v) is 30.3. The third-order valence-corrected chi connectivity index (χ3v) is 17.5. The number of rotatable bonds is 10. The summed E-state index contributed by atoms with van der Waals surface area (Å²) >= 11 is 48.0. The minimum atomic E-state index is -3.40. The fourth-order valence-electron chi connectivity index (χ4n) is 8.03. The van der Waals surface area contributed by atoms with Crippen LogP contribution in [0.3, 0.4) is 0 Å². The van der Waals surface area contributed by atoms with Crippen LogP contribution in [0, 0.1) is 7.14 Å². The number of carbonyl (C=O) groups is 3. The maximum atomic E-state index is 12.9. The number of halogens is 10. The second kappa shape index (κ2) is 27.6. The molecule has 0 saturated heterocycles. The lowest BCUT2D eigenvalue weighted by Gasteiger charge is -2.22. The first-order valence-electron chi connectivity index (χ1n) is 21.9. The van der Waals surface area contributed by atoms with Crippen LogP contribution in [0.15, 0.2) is 109 Å². The van der Waals surface area contributed by atoms with Gasteiger partial charge in [-0.1, -0.05) is 156 Å². The molecule has 0 bridgehead atoms. The van der Waals surface area contributed by atoms with E-state index in [1.165, 1.54) is 29.4 Å². The Bertz CT molecular complexity index is 3020. The zero-order valence-corrected chi connectivity index (χ0v) is 51.9. The van der Waals surface area contributed by atoms with Crippen molar-refractivity contribution in [3.05, 3.63) is 197 Å². The second-order valence-corrected chi connectivity index (χ2v) is 25.1. The Hall–Kier alpha value is -2.36. The molecule has 2 heterocycles. The molecule has 2 aliphatic rings. The van der Waals surface area contributed by atoms with Gasteiger partial charge >= 0.3 is 0 Å². The van der Waals surface area contributed by atoms with Gasteiger partial charge in [-0.25, -0.2) is 8.42 Å². The van der Waals surface area contributed by atoms with Gasteiger partial charge in [0.25, 0.3) is 0 Å². The first kappa shape index (κ1) is 60.5. The number of alkyl halides is 2. The molecule has 0 saturated carbocycles. The van der Waals surface area contributed by atoms with E-state index in [0.29, 0.717) is 70.4 Å². The number of amides is 3. The highest BCUT2D eigenvalue weighted by Gasteiger charge is 2.34. The Labute approximate surface area is 495 Å². The number of hydrogen-bond acceptors (Lipinski definition) is 5. The van der Waals surface area contributed by atoms with Gasteiger partial charge in [-0.2, -0.15) is 0 Å². The van der Waals surface area contributed by atoms with Crippen molar-refractivity contribution in [2.24, 2.45) is 5.73 Å². The maximum absolute atomic E-state index is 12.9. The minimum absolute atomic E-state index is 0.0505.